The summed E-state index contributed by atoms with van der Waals surface area (Å²) >= 11 is 3.41. The quantitative estimate of drug-likeness (QED) is 0.818. The van der Waals surface area contributed by atoms with Gasteiger partial charge in [-0.05, 0) is 62.7 Å². The second kappa shape index (κ2) is 6.97. The van der Waals surface area contributed by atoms with Crippen LogP contribution in [-0.4, -0.2) is 11.4 Å². The van der Waals surface area contributed by atoms with Gasteiger partial charge in [0.2, 0.25) is 5.91 Å². The smallest absolute Gasteiger partial charge is 0.228 e. The molecule has 3 nitrogen and oxygen atoms in total. The van der Waals surface area contributed by atoms with Gasteiger partial charge in [-0.1, -0.05) is 28.1 Å². The summed E-state index contributed by atoms with van der Waals surface area (Å²) < 4.78 is 0.982. The van der Waals surface area contributed by atoms with Crippen LogP contribution >= 0.6 is 15.9 Å². The molecule has 2 rings (SSSR count). The fraction of sp³-hybridized carbons (Fsp3) is 0.278. The topological polar surface area (TPSA) is 41.1 Å². The lowest BCUT2D eigenvalue weighted by Crippen LogP contribution is -2.25. The first kappa shape index (κ1) is 16.6. The Morgan fingerprint density at radius 3 is 2.27 bits per heavy atom. The largest absolute Gasteiger partial charge is 0.380 e. The molecule has 1 amide bonds. The highest BCUT2D eigenvalue weighted by molar-refractivity contribution is 9.10. The molecule has 0 aromatic heterocycles. The SMILES string of the molecule is CC(C)(C)Nc1ccc(NC(=O)Cc2cccc(Br)c2)cc1. The van der Waals surface area contributed by atoms with E-state index >= 15 is 0 Å². The van der Waals surface area contributed by atoms with Crippen molar-refractivity contribution < 1.29 is 4.79 Å². The van der Waals surface area contributed by atoms with E-state index < -0.39 is 0 Å². The monoisotopic (exact) mass is 360 g/mol. The highest BCUT2D eigenvalue weighted by Crippen LogP contribution is 2.18. The van der Waals surface area contributed by atoms with Gasteiger partial charge >= 0.3 is 0 Å². The fourth-order valence-corrected chi connectivity index (χ4v) is 2.55. The van der Waals surface area contributed by atoms with Crippen molar-refractivity contribution in [3.05, 3.63) is 58.6 Å². The van der Waals surface area contributed by atoms with Gasteiger partial charge in [-0.3, -0.25) is 4.79 Å². The Labute approximate surface area is 140 Å². The predicted molar refractivity (Wildman–Crippen MR) is 96.3 cm³/mol. The van der Waals surface area contributed by atoms with Gasteiger partial charge in [-0.15, -0.1) is 0 Å². The van der Waals surface area contributed by atoms with Crippen LogP contribution in [0, 0.1) is 0 Å². The van der Waals surface area contributed by atoms with E-state index in [9.17, 15) is 4.79 Å². The Bertz CT molecular complexity index is 645. The lowest BCUT2D eigenvalue weighted by Gasteiger charge is -2.22. The van der Waals surface area contributed by atoms with E-state index in [1.807, 2.05) is 48.5 Å². The van der Waals surface area contributed by atoms with E-state index in [0.29, 0.717) is 6.42 Å². The Morgan fingerprint density at radius 1 is 1.05 bits per heavy atom. The molecule has 0 spiro atoms. The van der Waals surface area contributed by atoms with Gasteiger partial charge in [-0.25, -0.2) is 0 Å². The molecule has 116 valence electrons. The lowest BCUT2D eigenvalue weighted by molar-refractivity contribution is -0.115. The van der Waals surface area contributed by atoms with Gasteiger partial charge in [0.1, 0.15) is 0 Å². The van der Waals surface area contributed by atoms with Crippen LogP contribution in [0.25, 0.3) is 0 Å². The molecule has 0 fully saturated rings. The molecule has 0 saturated heterocycles. The number of anilines is 2. The third-order valence-electron chi connectivity index (χ3n) is 2.94. The van der Waals surface area contributed by atoms with Crippen molar-refractivity contribution in [1.82, 2.24) is 0 Å². The van der Waals surface area contributed by atoms with Crippen LogP contribution in [-0.2, 0) is 11.2 Å². The highest BCUT2D eigenvalue weighted by Gasteiger charge is 2.09. The molecular formula is C18H21BrN2O. The van der Waals surface area contributed by atoms with E-state index in [1.54, 1.807) is 0 Å². The number of amides is 1. The maximum absolute atomic E-state index is 12.1. The number of rotatable bonds is 4. The Morgan fingerprint density at radius 2 is 1.68 bits per heavy atom. The third-order valence-corrected chi connectivity index (χ3v) is 3.43. The lowest BCUT2D eigenvalue weighted by atomic mass is 10.1. The molecular weight excluding hydrogens is 340 g/mol. The van der Waals surface area contributed by atoms with E-state index in [2.05, 4.69) is 47.3 Å². The number of carbonyl (C=O) groups excluding carboxylic acids is 1. The minimum absolute atomic E-state index is 0.0189. The molecule has 22 heavy (non-hydrogen) atoms. The number of nitrogens with one attached hydrogen (secondary N) is 2. The first-order valence-corrected chi connectivity index (χ1v) is 8.04. The zero-order chi connectivity index (χ0) is 16.2. The minimum atomic E-state index is -0.0189. The van der Waals surface area contributed by atoms with E-state index in [-0.39, 0.29) is 11.4 Å². The second-order valence-electron chi connectivity index (χ2n) is 6.31. The zero-order valence-electron chi connectivity index (χ0n) is 13.1. The molecule has 2 aromatic carbocycles. The van der Waals surface area contributed by atoms with Crippen LogP contribution in [0.15, 0.2) is 53.0 Å². The zero-order valence-corrected chi connectivity index (χ0v) is 14.7. The molecule has 2 N–H and O–H groups in total. The predicted octanol–water partition coefficient (Wildman–Crippen LogP) is 4.84. The maximum atomic E-state index is 12.1. The molecule has 0 saturated carbocycles. The van der Waals surface area contributed by atoms with Crippen molar-refractivity contribution >= 4 is 33.2 Å². The van der Waals surface area contributed by atoms with Gasteiger partial charge in [0, 0.05) is 21.4 Å². The van der Waals surface area contributed by atoms with Crippen LogP contribution < -0.4 is 10.6 Å². The summed E-state index contributed by atoms with van der Waals surface area (Å²) in [5.41, 5.74) is 2.85. The number of carbonyl (C=O) groups is 1. The molecule has 0 heterocycles. The van der Waals surface area contributed by atoms with Crippen LogP contribution in [0.2, 0.25) is 0 Å². The average Bonchev–Trinajstić information content (AvgIpc) is 2.39. The van der Waals surface area contributed by atoms with Crippen molar-refractivity contribution in [2.24, 2.45) is 0 Å². The Kier molecular flexibility index (Phi) is 5.24. The first-order chi connectivity index (χ1) is 10.3. The minimum Gasteiger partial charge on any atom is -0.380 e. The van der Waals surface area contributed by atoms with Crippen molar-refractivity contribution in [3.63, 3.8) is 0 Å². The molecule has 0 unspecified atom stereocenters. The molecule has 0 aliphatic rings. The normalized spacial score (nSPS) is 11.1. The molecule has 0 bridgehead atoms. The second-order valence-corrected chi connectivity index (χ2v) is 7.22. The van der Waals surface area contributed by atoms with Crippen molar-refractivity contribution in [3.8, 4) is 0 Å². The third kappa shape index (κ3) is 5.53. The van der Waals surface area contributed by atoms with Crippen LogP contribution in [0.5, 0.6) is 0 Å². The van der Waals surface area contributed by atoms with E-state index in [1.165, 1.54) is 0 Å². The summed E-state index contributed by atoms with van der Waals surface area (Å²) in [4.78, 5) is 12.1. The van der Waals surface area contributed by atoms with Crippen LogP contribution in [0.4, 0.5) is 11.4 Å². The number of hydrogen-bond acceptors (Lipinski definition) is 2. The molecule has 0 aliphatic heterocycles. The average molecular weight is 361 g/mol. The van der Waals surface area contributed by atoms with Gasteiger partial charge in [0.15, 0.2) is 0 Å². The van der Waals surface area contributed by atoms with Gasteiger partial charge in [0.05, 0.1) is 6.42 Å². The summed E-state index contributed by atoms with van der Waals surface area (Å²) in [5.74, 6) is -0.0189. The maximum Gasteiger partial charge on any atom is 0.228 e. The number of hydrogen-bond donors (Lipinski definition) is 2. The van der Waals surface area contributed by atoms with Crippen LogP contribution in [0.1, 0.15) is 26.3 Å². The van der Waals surface area contributed by atoms with E-state index in [0.717, 1.165) is 21.4 Å². The Balaban J connectivity index is 1.94. The highest BCUT2D eigenvalue weighted by atomic mass is 79.9. The fourth-order valence-electron chi connectivity index (χ4n) is 2.11. The van der Waals surface area contributed by atoms with Gasteiger partial charge in [0.25, 0.3) is 0 Å². The first-order valence-electron chi connectivity index (χ1n) is 7.24. The number of benzene rings is 2. The summed E-state index contributed by atoms with van der Waals surface area (Å²) in [5, 5.41) is 6.31. The molecule has 4 heteroatoms. The number of halogens is 1. The summed E-state index contributed by atoms with van der Waals surface area (Å²) in [6.45, 7) is 6.34. The summed E-state index contributed by atoms with van der Waals surface area (Å²) in [6, 6.07) is 15.5. The van der Waals surface area contributed by atoms with Gasteiger partial charge in [-0.2, -0.15) is 0 Å². The van der Waals surface area contributed by atoms with E-state index in [4.69, 9.17) is 0 Å². The summed E-state index contributed by atoms with van der Waals surface area (Å²) in [6.07, 6.45) is 0.363. The molecule has 0 atom stereocenters. The summed E-state index contributed by atoms with van der Waals surface area (Å²) in [7, 11) is 0. The van der Waals surface area contributed by atoms with Gasteiger partial charge < -0.3 is 10.6 Å². The molecule has 2 aromatic rings. The van der Waals surface area contributed by atoms with Crippen LogP contribution in [0.3, 0.4) is 0 Å². The Hall–Kier alpha value is -1.81. The van der Waals surface area contributed by atoms with Crippen molar-refractivity contribution in [1.29, 1.82) is 0 Å². The molecule has 0 aliphatic carbocycles. The van der Waals surface area contributed by atoms with Crippen molar-refractivity contribution in [2.45, 2.75) is 32.7 Å². The standard InChI is InChI=1S/C18H21BrN2O/c1-18(2,3)21-16-9-7-15(8-10-16)20-17(22)12-13-5-4-6-14(19)11-13/h4-11,21H,12H2,1-3H3,(H,20,22). The molecule has 0 radical (unpaired) electrons. The van der Waals surface area contributed by atoms with Crippen molar-refractivity contribution in [2.75, 3.05) is 10.6 Å².